The lowest BCUT2D eigenvalue weighted by molar-refractivity contribution is -0.152. The summed E-state index contributed by atoms with van der Waals surface area (Å²) in [5.74, 6) is 1.08. The van der Waals surface area contributed by atoms with Crippen LogP contribution in [0.1, 0.15) is 26.2 Å². The second-order valence-corrected chi connectivity index (χ2v) is 3.78. The van der Waals surface area contributed by atoms with E-state index in [0.29, 0.717) is 24.9 Å². The van der Waals surface area contributed by atoms with Crippen LogP contribution in [0.15, 0.2) is 11.6 Å². The van der Waals surface area contributed by atoms with E-state index >= 15 is 0 Å². The van der Waals surface area contributed by atoms with Gasteiger partial charge in [0.05, 0.1) is 6.61 Å². The summed E-state index contributed by atoms with van der Waals surface area (Å²) in [6.45, 7) is 2.77. The van der Waals surface area contributed by atoms with Gasteiger partial charge in [0.15, 0.2) is 0 Å². The van der Waals surface area contributed by atoms with Crippen molar-refractivity contribution in [2.75, 3.05) is 6.61 Å². The monoisotopic (exact) mass is 166 g/mol. The second kappa shape index (κ2) is 2.92. The van der Waals surface area contributed by atoms with Gasteiger partial charge in [0.2, 0.25) is 0 Å². The molecule has 0 N–H and O–H groups in total. The number of rotatable bonds is 0. The summed E-state index contributed by atoms with van der Waals surface area (Å²) in [6.07, 6.45) is 5.22. The highest BCUT2D eigenvalue weighted by Crippen LogP contribution is 2.35. The molecule has 2 atom stereocenters. The average molecular weight is 166 g/mol. The van der Waals surface area contributed by atoms with Crippen molar-refractivity contribution in [2.24, 2.45) is 11.8 Å². The molecule has 1 aliphatic carbocycles. The first-order chi connectivity index (χ1) is 5.77. The molecule has 0 aromatic carbocycles. The van der Waals surface area contributed by atoms with Crippen LogP contribution in [0.2, 0.25) is 0 Å². The van der Waals surface area contributed by atoms with Gasteiger partial charge in [-0.3, -0.25) is 4.79 Å². The zero-order valence-corrected chi connectivity index (χ0v) is 7.38. The van der Waals surface area contributed by atoms with Crippen molar-refractivity contribution in [3.63, 3.8) is 0 Å². The number of cyclic esters (lactones) is 1. The van der Waals surface area contributed by atoms with E-state index in [1.807, 2.05) is 0 Å². The van der Waals surface area contributed by atoms with Crippen LogP contribution in [0, 0.1) is 11.8 Å². The Balaban J connectivity index is 2.13. The molecular formula is C10H14O2. The van der Waals surface area contributed by atoms with Crippen LogP contribution in [0.5, 0.6) is 0 Å². The molecular weight excluding hydrogens is 152 g/mol. The van der Waals surface area contributed by atoms with Gasteiger partial charge in [0.1, 0.15) is 0 Å². The molecule has 1 aliphatic heterocycles. The predicted octanol–water partition coefficient (Wildman–Crippen LogP) is 1.91. The first-order valence-electron chi connectivity index (χ1n) is 4.59. The molecule has 0 aromatic rings. The number of carbonyl (C=O) groups excluding carboxylic acids is 1. The van der Waals surface area contributed by atoms with Gasteiger partial charge >= 0.3 is 5.97 Å². The fourth-order valence-electron chi connectivity index (χ4n) is 2.22. The summed E-state index contributed by atoms with van der Waals surface area (Å²) in [4.78, 5) is 11.0. The molecule has 2 rings (SSSR count). The van der Waals surface area contributed by atoms with E-state index in [-0.39, 0.29) is 5.97 Å². The zero-order chi connectivity index (χ0) is 8.55. The number of ether oxygens (including phenoxy) is 1. The Morgan fingerprint density at radius 3 is 3.25 bits per heavy atom. The molecule has 0 spiro atoms. The number of hydrogen-bond acceptors (Lipinski definition) is 2. The third kappa shape index (κ3) is 1.26. The predicted molar refractivity (Wildman–Crippen MR) is 45.5 cm³/mol. The second-order valence-electron chi connectivity index (χ2n) is 3.78. The highest BCUT2D eigenvalue weighted by atomic mass is 16.5. The first kappa shape index (κ1) is 7.84. The van der Waals surface area contributed by atoms with Crippen molar-refractivity contribution in [1.82, 2.24) is 0 Å². The van der Waals surface area contributed by atoms with Crippen molar-refractivity contribution in [3.05, 3.63) is 11.6 Å². The first-order valence-corrected chi connectivity index (χ1v) is 4.59. The SMILES string of the molecule is CC1=CCC[C@H]2CC(=O)OC[C@H]12. The molecule has 0 amide bonds. The lowest BCUT2D eigenvalue weighted by atomic mass is 9.76. The van der Waals surface area contributed by atoms with Crippen molar-refractivity contribution >= 4 is 5.97 Å². The lowest BCUT2D eigenvalue weighted by Gasteiger charge is -2.34. The van der Waals surface area contributed by atoms with E-state index in [2.05, 4.69) is 13.0 Å². The molecule has 12 heavy (non-hydrogen) atoms. The van der Waals surface area contributed by atoms with Crippen LogP contribution in [-0.2, 0) is 9.53 Å². The number of hydrogen-bond donors (Lipinski definition) is 0. The van der Waals surface area contributed by atoms with Crippen LogP contribution < -0.4 is 0 Å². The summed E-state index contributed by atoms with van der Waals surface area (Å²) < 4.78 is 5.04. The number of carbonyl (C=O) groups is 1. The molecule has 2 aliphatic rings. The molecule has 1 fully saturated rings. The molecule has 66 valence electrons. The summed E-state index contributed by atoms with van der Waals surface area (Å²) in [5, 5.41) is 0. The van der Waals surface area contributed by atoms with Gasteiger partial charge in [-0.1, -0.05) is 11.6 Å². The zero-order valence-electron chi connectivity index (χ0n) is 7.38. The lowest BCUT2D eigenvalue weighted by Crippen LogP contribution is -2.33. The van der Waals surface area contributed by atoms with Gasteiger partial charge in [0.25, 0.3) is 0 Å². The van der Waals surface area contributed by atoms with E-state index in [9.17, 15) is 4.79 Å². The fraction of sp³-hybridized carbons (Fsp3) is 0.700. The molecule has 0 saturated carbocycles. The maximum absolute atomic E-state index is 11.0. The van der Waals surface area contributed by atoms with Crippen molar-refractivity contribution in [3.8, 4) is 0 Å². The number of fused-ring (bicyclic) bond motifs is 1. The topological polar surface area (TPSA) is 26.3 Å². The molecule has 0 aromatic heterocycles. The van der Waals surface area contributed by atoms with Crippen molar-refractivity contribution in [1.29, 1.82) is 0 Å². The third-order valence-electron chi connectivity index (χ3n) is 3.01. The molecule has 0 unspecified atom stereocenters. The third-order valence-corrected chi connectivity index (χ3v) is 3.01. The molecule has 1 saturated heterocycles. The van der Waals surface area contributed by atoms with Gasteiger partial charge in [0, 0.05) is 12.3 Å². The minimum absolute atomic E-state index is 0.00838. The standard InChI is InChI=1S/C10H14O2/c1-7-3-2-4-8-5-10(11)12-6-9(7)8/h3,8-9H,2,4-6H2,1H3/t8-,9+/m0/s1. The van der Waals surface area contributed by atoms with Crippen LogP contribution >= 0.6 is 0 Å². The smallest absolute Gasteiger partial charge is 0.306 e. The van der Waals surface area contributed by atoms with E-state index in [1.165, 1.54) is 5.57 Å². The van der Waals surface area contributed by atoms with Gasteiger partial charge in [-0.25, -0.2) is 0 Å². The summed E-state index contributed by atoms with van der Waals surface area (Å²) >= 11 is 0. The quantitative estimate of drug-likeness (QED) is 0.406. The van der Waals surface area contributed by atoms with E-state index in [1.54, 1.807) is 0 Å². The average Bonchev–Trinajstić information content (AvgIpc) is 2.04. The number of esters is 1. The highest BCUT2D eigenvalue weighted by Gasteiger charge is 2.32. The Bertz CT molecular complexity index is 230. The normalized spacial score (nSPS) is 35.1. The minimum atomic E-state index is -0.00838. The Hall–Kier alpha value is -0.790. The Morgan fingerprint density at radius 1 is 1.58 bits per heavy atom. The van der Waals surface area contributed by atoms with Crippen LogP contribution in [0.4, 0.5) is 0 Å². The summed E-state index contributed by atoms with van der Waals surface area (Å²) in [7, 11) is 0. The largest absolute Gasteiger partial charge is 0.465 e. The van der Waals surface area contributed by atoms with Crippen LogP contribution in [-0.4, -0.2) is 12.6 Å². The van der Waals surface area contributed by atoms with Crippen LogP contribution in [0.25, 0.3) is 0 Å². The van der Waals surface area contributed by atoms with Gasteiger partial charge in [-0.2, -0.15) is 0 Å². The van der Waals surface area contributed by atoms with Gasteiger partial charge in [-0.15, -0.1) is 0 Å². The van der Waals surface area contributed by atoms with E-state index < -0.39 is 0 Å². The van der Waals surface area contributed by atoms with Crippen LogP contribution in [0.3, 0.4) is 0 Å². The maximum atomic E-state index is 11.0. The molecule has 0 radical (unpaired) electrons. The minimum Gasteiger partial charge on any atom is -0.465 e. The van der Waals surface area contributed by atoms with E-state index in [0.717, 1.165) is 12.8 Å². The van der Waals surface area contributed by atoms with Crippen molar-refractivity contribution < 1.29 is 9.53 Å². The molecule has 2 nitrogen and oxygen atoms in total. The highest BCUT2D eigenvalue weighted by molar-refractivity contribution is 5.70. The molecule has 2 heteroatoms. The summed E-state index contributed by atoms with van der Waals surface area (Å²) in [6, 6.07) is 0. The van der Waals surface area contributed by atoms with Gasteiger partial charge < -0.3 is 4.74 Å². The Kier molecular flexibility index (Phi) is 1.91. The maximum Gasteiger partial charge on any atom is 0.306 e. The molecule has 1 heterocycles. The fourth-order valence-corrected chi connectivity index (χ4v) is 2.22. The molecule has 0 bridgehead atoms. The Morgan fingerprint density at radius 2 is 2.42 bits per heavy atom. The number of allylic oxidation sites excluding steroid dienone is 1. The Labute approximate surface area is 72.6 Å². The van der Waals surface area contributed by atoms with E-state index in [4.69, 9.17) is 4.74 Å². The van der Waals surface area contributed by atoms with Gasteiger partial charge in [-0.05, 0) is 25.7 Å². The van der Waals surface area contributed by atoms with Crippen molar-refractivity contribution in [2.45, 2.75) is 26.2 Å². The summed E-state index contributed by atoms with van der Waals surface area (Å²) in [5.41, 5.74) is 1.42.